The Hall–Kier alpha value is -1.66. The molecule has 2 heterocycles. The minimum absolute atomic E-state index is 0.112. The Kier molecular flexibility index (Phi) is 3.35. The topological polar surface area (TPSA) is 75.5 Å². The van der Waals surface area contributed by atoms with E-state index in [1.807, 2.05) is 0 Å². The first-order valence-corrected chi connectivity index (χ1v) is 6.88. The van der Waals surface area contributed by atoms with Crippen molar-refractivity contribution < 1.29 is 9.72 Å². The lowest BCUT2D eigenvalue weighted by Gasteiger charge is -2.18. The van der Waals surface area contributed by atoms with E-state index in [4.69, 9.17) is 11.6 Å². The van der Waals surface area contributed by atoms with Gasteiger partial charge < -0.3 is 10.2 Å². The van der Waals surface area contributed by atoms with E-state index in [1.165, 1.54) is 18.2 Å². The van der Waals surface area contributed by atoms with Crippen LogP contribution in [0.5, 0.6) is 0 Å². The summed E-state index contributed by atoms with van der Waals surface area (Å²) in [6.07, 6.45) is 0. The molecule has 2 fully saturated rings. The highest BCUT2D eigenvalue weighted by molar-refractivity contribution is 6.33. The minimum atomic E-state index is -0.518. The van der Waals surface area contributed by atoms with Gasteiger partial charge in [0.25, 0.3) is 11.6 Å². The van der Waals surface area contributed by atoms with Crippen molar-refractivity contribution in [2.24, 2.45) is 11.8 Å². The smallest absolute Gasteiger partial charge is 0.270 e. The molecule has 1 aromatic carbocycles. The van der Waals surface area contributed by atoms with Crippen LogP contribution >= 0.6 is 11.6 Å². The molecule has 0 radical (unpaired) electrons. The number of likely N-dealkylation sites (tertiary alicyclic amines) is 1. The Balaban J connectivity index is 1.84. The second-order valence-corrected chi connectivity index (χ2v) is 5.72. The molecule has 1 aromatic rings. The normalized spacial score (nSPS) is 24.8. The molecular weight excluding hydrogens is 282 g/mol. The maximum absolute atomic E-state index is 12.5. The van der Waals surface area contributed by atoms with Crippen LogP contribution in [0.3, 0.4) is 0 Å². The second kappa shape index (κ2) is 5.03. The Morgan fingerprint density at radius 3 is 2.60 bits per heavy atom. The van der Waals surface area contributed by atoms with Gasteiger partial charge in [-0.15, -0.1) is 0 Å². The Labute approximate surface area is 120 Å². The van der Waals surface area contributed by atoms with Gasteiger partial charge in [0.15, 0.2) is 0 Å². The third kappa shape index (κ3) is 2.25. The monoisotopic (exact) mass is 295 g/mol. The van der Waals surface area contributed by atoms with E-state index < -0.39 is 4.92 Å². The molecule has 20 heavy (non-hydrogen) atoms. The van der Waals surface area contributed by atoms with Crippen molar-refractivity contribution in [1.29, 1.82) is 0 Å². The number of benzene rings is 1. The fraction of sp³-hybridized carbons (Fsp3) is 0.462. The van der Waals surface area contributed by atoms with Crippen LogP contribution in [0.1, 0.15) is 10.4 Å². The van der Waals surface area contributed by atoms with Crippen LogP contribution in [0, 0.1) is 22.0 Å². The van der Waals surface area contributed by atoms with E-state index in [-0.39, 0.29) is 22.2 Å². The van der Waals surface area contributed by atoms with E-state index in [0.29, 0.717) is 24.9 Å². The zero-order valence-corrected chi connectivity index (χ0v) is 11.5. The van der Waals surface area contributed by atoms with Crippen LogP contribution in [0.15, 0.2) is 18.2 Å². The number of nitrogens with zero attached hydrogens (tertiary/aromatic N) is 2. The fourth-order valence-corrected chi connectivity index (χ4v) is 3.18. The number of hydrogen-bond acceptors (Lipinski definition) is 4. The van der Waals surface area contributed by atoms with Gasteiger partial charge in [-0.3, -0.25) is 14.9 Å². The average Bonchev–Trinajstić information content (AvgIpc) is 2.98. The Bertz CT molecular complexity index is 566. The highest BCUT2D eigenvalue weighted by Crippen LogP contribution is 2.30. The zero-order chi connectivity index (χ0) is 14.3. The summed E-state index contributed by atoms with van der Waals surface area (Å²) in [6, 6.07) is 3.98. The summed E-state index contributed by atoms with van der Waals surface area (Å²) in [6.45, 7) is 3.24. The summed E-state index contributed by atoms with van der Waals surface area (Å²) < 4.78 is 0. The molecule has 2 saturated heterocycles. The molecule has 0 saturated carbocycles. The standard InChI is InChI=1S/C13H14ClN3O3/c14-12-2-1-10(17(19)20)3-11(12)13(18)16-6-8-4-15-5-9(8)7-16/h1-3,8-9,15H,4-7H2/t8-,9+. The molecule has 1 N–H and O–H groups in total. The van der Waals surface area contributed by atoms with Gasteiger partial charge in [-0.2, -0.15) is 0 Å². The van der Waals surface area contributed by atoms with Gasteiger partial charge in [0, 0.05) is 38.3 Å². The molecular formula is C13H14ClN3O3. The molecule has 0 spiro atoms. The lowest BCUT2D eigenvalue weighted by atomic mass is 10.0. The van der Waals surface area contributed by atoms with Gasteiger partial charge in [-0.25, -0.2) is 0 Å². The van der Waals surface area contributed by atoms with Gasteiger partial charge in [0.1, 0.15) is 0 Å². The van der Waals surface area contributed by atoms with E-state index in [0.717, 1.165) is 13.1 Å². The summed E-state index contributed by atoms with van der Waals surface area (Å²) in [5, 5.41) is 14.4. The second-order valence-electron chi connectivity index (χ2n) is 5.31. The molecule has 2 aliphatic rings. The van der Waals surface area contributed by atoms with Gasteiger partial charge in [0.05, 0.1) is 15.5 Å². The van der Waals surface area contributed by atoms with Crippen LogP contribution in [-0.4, -0.2) is 41.9 Å². The van der Waals surface area contributed by atoms with Crippen molar-refractivity contribution in [2.45, 2.75) is 0 Å². The van der Waals surface area contributed by atoms with Crippen molar-refractivity contribution in [3.63, 3.8) is 0 Å². The molecule has 0 aromatic heterocycles. The summed E-state index contributed by atoms with van der Waals surface area (Å²) >= 11 is 6.01. The molecule has 2 aliphatic heterocycles. The van der Waals surface area contributed by atoms with E-state index in [9.17, 15) is 14.9 Å². The van der Waals surface area contributed by atoms with Crippen molar-refractivity contribution in [1.82, 2.24) is 10.2 Å². The number of carbonyl (C=O) groups is 1. The fourth-order valence-electron chi connectivity index (χ4n) is 2.98. The van der Waals surface area contributed by atoms with Crippen molar-refractivity contribution >= 4 is 23.2 Å². The van der Waals surface area contributed by atoms with Gasteiger partial charge in [-0.1, -0.05) is 11.6 Å². The molecule has 0 bridgehead atoms. The number of hydrogen-bond donors (Lipinski definition) is 1. The molecule has 0 unspecified atom stereocenters. The first kappa shape index (κ1) is 13.3. The third-order valence-corrected chi connectivity index (χ3v) is 4.40. The van der Waals surface area contributed by atoms with Crippen LogP contribution in [0.2, 0.25) is 5.02 Å². The quantitative estimate of drug-likeness (QED) is 0.663. The number of amides is 1. The van der Waals surface area contributed by atoms with Crippen molar-refractivity contribution in [3.05, 3.63) is 38.9 Å². The molecule has 7 heteroatoms. The first-order valence-electron chi connectivity index (χ1n) is 6.50. The maximum Gasteiger partial charge on any atom is 0.270 e. The molecule has 3 rings (SSSR count). The predicted octanol–water partition coefficient (Wildman–Crippen LogP) is 1.54. The van der Waals surface area contributed by atoms with Crippen molar-refractivity contribution in [3.8, 4) is 0 Å². The molecule has 106 valence electrons. The number of nitro groups is 1. The first-order chi connectivity index (χ1) is 9.56. The number of nitro benzene ring substituents is 1. The van der Waals surface area contributed by atoms with Crippen LogP contribution in [-0.2, 0) is 0 Å². The SMILES string of the molecule is O=C(c1cc([N+](=O)[O-])ccc1Cl)N1C[C@H]2CNC[C@H]2C1. The zero-order valence-electron chi connectivity index (χ0n) is 10.7. The lowest BCUT2D eigenvalue weighted by Crippen LogP contribution is -2.32. The molecule has 6 nitrogen and oxygen atoms in total. The maximum atomic E-state index is 12.5. The number of carbonyl (C=O) groups excluding carboxylic acids is 1. The summed E-state index contributed by atoms with van der Waals surface area (Å²) in [5.41, 5.74) is 0.104. The Morgan fingerprint density at radius 1 is 1.35 bits per heavy atom. The van der Waals surface area contributed by atoms with E-state index in [1.54, 1.807) is 4.90 Å². The summed E-state index contributed by atoms with van der Waals surface area (Å²) in [5.74, 6) is 0.751. The lowest BCUT2D eigenvalue weighted by molar-refractivity contribution is -0.384. The average molecular weight is 296 g/mol. The van der Waals surface area contributed by atoms with E-state index in [2.05, 4.69) is 5.32 Å². The molecule has 0 aliphatic carbocycles. The number of nitrogens with one attached hydrogen (secondary N) is 1. The van der Waals surface area contributed by atoms with E-state index >= 15 is 0 Å². The van der Waals surface area contributed by atoms with Gasteiger partial charge in [-0.05, 0) is 17.9 Å². The van der Waals surface area contributed by atoms with Gasteiger partial charge >= 0.3 is 0 Å². The van der Waals surface area contributed by atoms with Crippen LogP contribution < -0.4 is 5.32 Å². The third-order valence-electron chi connectivity index (χ3n) is 4.07. The Morgan fingerprint density at radius 2 is 2.00 bits per heavy atom. The summed E-state index contributed by atoms with van der Waals surface area (Å²) in [7, 11) is 0. The molecule has 2 atom stereocenters. The van der Waals surface area contributed by atoms with Crippen LogP contribution in [0.4, 0.5) is 5.69 Å². The predicted molar refractivity (Wildman–Crippen MR) is 73.9 cm³/mol. The highest BCUT2D eigenvalue weighted by Gasteiger charge is 2.38. The summed E-state index contributed by atoms with van der Waals surface area (Å²) in [4.78, 5) is 24.5. The van der Waals surface area contributed by atoms with Crippen molar-refractivity contribution in [2.75, 3.05) is 26.2 Å². The number of rotatable bonds is 2. The number of halogens is 1. The largest absolute Gasteiger partial charge is 0.338 e. The minimum Gasteiger partial charge on any atom is -0.338 e. The number of non-ortho nitro benzene ring substituents is 1. The molecule has 1 amide bonds. The highest BCUT2D eigenvalue weighted by atomic mass is 35.5. The van der Waals surface area contributed by atoms with Gasteiger partial charge in [0.2, 0.25) is 0 Å². The van der Waals surface area contributed by atoms with Crippen LogP contribution in [0.25, 0.3) is 0 Å². The number of fused-ring (bicyclic) bond motifs is 1.